The number of carbonyl (C=O) groups excluding carboxylic acids is 1. The van der Waals surface area contributed by atoms with Crippen molar-refractivity contribution in [2.24, 2.45) is 5.92 Å². The summed E-state index contributed by atoms with van der Waals surface area (Å²) in [6.07, 6.45) is 3.20. The van der Waals surface area contributed by atoms with Gasteiger partial charge >= 0.3 is 0 Å². The number of hydrogen-bond acceptors (Lipinski definition) is 5. The Kier molecular flexibility index (Phi) is 5.31. The zero-order valence-electron chi connectivity index (χ0n) is 15.0. The van der Waals surface area contributed by atoms with Gasteiger partial charge in [-0.2, -0.15) is 0 Å². The van der Waals surface area contributed by atoms with Crippen LogP contribution in [0.1, 0.15) is 68.3 Å². The number of tetrazole rings is 1. The molecular weight excluding hydrogens is 318 g/mol. The molecule has 1 amide bonds. The Hall–Kier alpha value is -2.44. The molecule has 0 saturated heterocycles. The first kappa shape index (κ1) is 17.4. The molecule has 1 fully saturated rings. The molecule has 25 heavy (non-hydrogen) atoms. The quantitative estimate of drug-likeness (QED) is 0.797. The molecule has 1 unspecified atom stereocenters. The lowest BCUT2D eigenvalue weighted by atomic mass is 10.1. The van der Waals surface area contributed by atoms with E-state index in [-0.39, 0.29) is 11.9 Å². The summed E-state index contributed by atoms with van der Waals surface area (Å²) in [6.45, 7) is 6.91. The van der Waals surface area contributed by atoms with Gasteiger partial charge in [-0.3, -0.25) is 4.79 Å². The lowest BCUT2D eigenvalue weighted by Gasteiger charge is -2.14. The maximum absolute atomic E-state index is 12.4. The molecule has 1 saturated carbocycles. The lowest BCUT2D eigenvalue weighted by molar-refractivity contribution is 0.0937. The Labute approximate surface area is 147 Å². The van der Waals surface area contributed by atoms with E-state index in [1.165, 1.54) is 0 Å². The van der Waals surface area contributed by atoms with Crippen molar-refractivity contribution in [2.75, 3.05) is 6.61 Å². The Morgan fingerprint density at radius 1 is 1.28 bits per heavy atom. The first-order chi connectivity index (χ1) is 12.0. The molecule has 1 heterocycles. The molecule has 0 spiro atoms. The summed E-state index contributed by atoms with van der Waals surface area (Å²) in [5.41, 5.74) is 0.591. The first-order valence-corrected chi connectivity index (χ1v) is 8.86. The fourth-order valence-corrected chi connectivity index (χ4v) is 2.52. The maximum Gasteiger partial charge on any atom is 0.251 e. The van der Waals surface area contributed by atoms with Crippen molar-refractivity contribution in [1.29, 1.82) is 0 Å². The molecule has 1 aliphatic rings. The van der Waals surface area contributed by atoms with Crippen molar-refractivity contribution in [3.05, 3.63) is 35.7 Å². The fraction of sp³-hybridized carbons (Fsp3) is 0.556. The highest BCUT2D eigenvalue weighted by molar-refractivity contribution is 5.94. The van der Waals surface area contributed by atoms with Crippen LogP contribution in [-0.4, -0.2) is 32.7 Å². The third-order valence-electron chi connectivity index (χ3n) is 4.23. The summed E-state index contributed by atoms with van der Waals surface area (Å²) in [6, 6.07) is 7.34. The SMILES string of the molecule is CC(C)CCOc1ccc(C(=O)NC(C)c2nnnn2C2CC2)cc1. The van der Waals surface area contributed by atoms with Gasteiger partial charge in [-0.15, -0.1) is 5.10 Å². The second-order valence-electron chi connectivity index (χ2n) is 6.96. The van der Waals surface area contributed by atoms with Crippen molar-refractivity contribution in [3.63, 3.8) is 0 Å². The zero-order chi connectivity index (χ0) is 17.8. The summed E-state index contributed by atoms with van der Waals surface area (Å²) < 4.78 is 7.50. The third kappa shape index (κ3) is 4.55. The number of benzene rings is 1. The molecule has 1 atom stereocenters. The molecule has 1 aromatic carbocycles. The Morgan fingerprint density at radius 3 is 2.64 bits per heavy atom. The van der Waals surface area contributed by atoms with Crippen LogP contribution in [0.2, 0.25) is 0 Å². The number of amides is 1. The van der Waals surface area contributed by atoms with Crippen LogP contribution in [0.4, 0.5) is 0 Å². The number of nitrogens with zero attached hydrogens (tertiary/aromatic N) is 4. The molecule has 1 N–H and O–H groups in total. The van der Waals surface area contributed by atoms with Gasteiger partial charge in [0.15, 0.2) is 5.82 Å². The number of carbonyl (C=O) groups is 1. The van der Waals surface area contributed by atoms with Crippen LogP contribution in [0.5, 0.6) is 5.75 Å². The van der Waals surface area contributed by atoms with Gasteiger partial charge in [0, 0.05) is 5.56 Å². The number of aromatic nitrogens is 4. The van der Waals surface area contributed by atoms with Crippen molar-refractivity contribution < 1.29 is 9.53 Å². The molecule has 3 rings (SSSR count). The van der Waals surface area contributed by atoms with E-state index in [0.29, 0.717) is 30.0 Å². The maximum atomic E-state index is 12.4. The minimum atomic E-state index is -0.245. The molecule has 7 nitrogen and oxygen atoms in total. The largest absolute Gasteiger partial charge is 0.494 e. The van der Waals surface area contributed by atoms with Crippen molar-refractivity contribution >= 4 is 5.91 Å². The molecule has 0 aliphatic heterocycles. The van der Waals surface area contributed by atoms with E-state index in [4.69, 9.17) is 4.74 Å². The van der Waals surface area contributed by atoms with Crippen LogP contribution in [0.3, 0.4) is 0 Å². The van der Waals surface area contributed by atoms with Gasteiger partial charge in [-0.05, 0) is 66.8 Å². The van der Waals surface area contributed by atoms with E-state index in [1.807, 2.05) is 23.7 Å². The Bertz CT molecular complexity index is 707. The monoisotopic (exact) mass is 343 g/mol. The van der Waals surface area contributed by atoms with Crippen LogP contribution in [0.25, 0.3) is 0 Å². The van der Waals surface area contributed by atoms with Crippen LogP contribution in [0.15, 0.2) is 24.3 Å². The van der Waals surface area contributed by atoms with Gasteiger partial charge in [0.05, 0.1) is 18.7 Å². The number of ether oxygens (including phenoxy) is 1. The van der Waals surface area contributed by atoms with Crippen LogP contribution < -0.4 is 10.1 Å². The predicted molar refractivity (Wildman–Crippen MR) is 93.4 cm³/mol. The molecule has 1 aromatic heterocycles. The Morgan fingerprint density at radius 2 is 2.00 bits per heavy atom. The van der Waals surface area contributed by atoms with Crippen molar-refractivity contribution in [1.82, 2.24) is 25.5 Å². The summed E-state index contributed by atoms with van der Waals surface area (Å²) >= 11 is 0. The first-order valence-electron chi connectivity index (χ1n) is 8.86. The highest BCUT2D eigenvalue weighted by Crippen LogP contribution is 2.35. The highest BCUT2D eigenvalue weighted by Gasteiger charge is 2.29. The van der Waals surface area contributed by atoms with Gasteiger partial charge in [-0.25, -0.2) is 4.68 Å². The molecule has 0 radical (unpaired) electrons. The number of nitrogens with one attached hydrogen (secondary N) is 1. The fourth-order valence-electron chi connectivity index (χ4n) is 2.52. The van der Waals surface area contributed by atoms with E-state index in [2.05, 4.69) is 34.7 Å². The van der Waals surface area contributed by atoms with Crippen LogP contribution in [-0.2, 0) is 0 Å². The normalized spacial score (nSPS) is 15.2. The summed E-state index contributed by atoms with van der Waals surface area (Å²) in [7, 11) is 0. The molecule has 1 aliphatic carbocycles. The van der Waals surface area contributed by atoms with Crippen molar-refractivity contribution in [3.8, 4) is 5.75 Å². The van der Waals surface area contributed by atoms with Gasteiger partial charge in [-0.1, -0.05) is 13.8 Å². The summed E-state index contributed by atoms with van der Waals surface area (Å²) in [4.78, 5) is 12.4. The van der Waals surface area contributed by atoms with E-state index < -0.39 is 0 Å². The lowest BCUT2D eigenvalue weighted by Crippen LogP contribution is -2.28. The average molecular weight is 343 g/mol. The number of rotatable bonds is 8. The van der Waals surface area contributed by atoms with Crippen molar-refractivity contribution in [2.45, 2.75) is 52.1 Å². The third-order valence-corrected chi connectivity index (χ3v) is 4.23. The van der Waals surface area contributed by atoms with E-state index in [1.54, 1.807) is 12.1 Å². The molecule has 2 aromatic rings. The average Bonchev–Trinajstić information content (AvgIpc) is 3.31. The van der Waals surface area contributed by atoms with Crippen LogP contribution >= 0.6 is 0 Å². The minimum absolute atomic E-state index is 0.147. The molecule has 0 bridgehead atoms. The van der Waals surface area contributed by atoms with Gasteiger partial charge in [0.25, 0.3) is 5.91 Å². The number of hydrogen-bond donors (Lipinski definition) is 1. The topological polar surface area (TPSA) is 81.9 Å². The smallest absolute Gasteiger partial charge is 0.251 e. The van der Waals surface area contributed by atoms with Gasteiger partial charge < -0.3 is 10.1 Å². The second kappa shape index (κ2) is 7.63. The van der Waals surface area contributed by atoms with E-state index in [0.717, 1.165) is 25.0 Å². The van der Waals surface area contributed by atoms with Gasteiger partial charge in [0.2, 0.25) is 0 Å². The Balaban J connectivity index is 1.56. The standard InChI is InChI=1S/C18H25N5O2/c1-12(2)10-11-25-16-8-4-14(5-9-16)18(24)19-13(3)17-20-21-22-23(17)15-6-7-15/h4-5,8-9,12-13,15H,6-7,10-11H2,1-3H3,(H,19,24). The van der Waals surface area contributed by atoms with Gasteiger partial charge in [0.1, 0.15) is 5.75 Å². The zero-order valence-corrected chi connectivity index (χ0v) is 15.0. The molecule has 7 heteroatoms. The van der Waals surface area contributed by atoms with E-state index in [9.17, 15) is 4.79 Å². The second-order valence-corrected chi connectivity index (χ2v) is 6.96. The predicted octanol–water partition coefficient (Wildman–Crippen LogP) is 2.92. The minimum Gasteiger partial charge on any atom is -0.494 e. The molecular formula is C18H25N5O2. The van der Waals surface area contributed by atoms with Crippen LogP contribution in [0, 0.1) is 5.92 Å². The molecule has 134 valence electrons. The summed E-state index contributed by atoms with van der Waals surface area (Å²) in [5.74, 6) is 1.94. The highest BCUT2D eigenvalue weighted by atomic mass is 16.5. The summed E-state index contributed by atoms with van der Waals surface area (Å²) in [5, 5.41) is 14.8. The van der Waals surface area contributed by atoms with E-state index >= 15 is 0 Å².